The van der Waals surface area contributed by atoms with Gasteiger partial charge in [0.05, 0.1) is 17.0 Å². The average molecular weight is 452 g/mol. The number of rotatable bonds is 3. The van der Waals surface area contributed by atoms with Gasteiger partial charge in [-0.3, -0.25) is 4.72 Å². The molecule has 0 aromatic heterocycles. The Morgan fingerprint density at radius 3 is 2.76 bits per heavy atom. The van der Waals surface area contributed by atoms with Gasteiger partial charge in [0.2, 0.25) is 0 Å². The lowest BCUT2D eigenvalue weighted by Gasteiger charge is -2.11. The summed E-state index contributed by atoms with van der Waals surface area (Å²) in [6.07, 6.45) is 0. The molecule has 2 aromatic carbocycles. The summed E-state index contributed by atoms with van der Waals surface area (Å²) in [6, 6.07) is 9.82. The zero-order valence-electron chi connectivity index (χ0n) is 10.2. The highest BCUT2D eigenvalue weighted by Crippen LogP contribution is 2.38. The van der Waals surface area contributed by atoms with Gasteiger partial charge in [0.25, 0.3) is 10.0 Å². The smallest absolute Gasteiger partial charge is 0.264 e. The van der Waals surface area contributed by atoms with Gasteiger partial charge >= 0.3 is 0 Å². The summed E-state index contributed by atoms with van der Waals surface area (Å²) >= 11 is 8.88. The molecule has 0 saturated heterocycles. The largest absolute Gasteiger partial charge is 0.278 e. The molecule has 0 unspecified atom stereocenters. The molecule has 0 amide bonds. The molecule has 0 bridgehead atoms. The SMILES string of the molecule is O=S(=O)(Nc1ccc(Cl)cc1I)c1cccc2c1N=S=N2. The van der Waals surface area contributed by atoms with Crippen LogP contribution in [0.3, 0.4) is 0 Å². The predicted octanol–water partition coefficient (Wildman–Crippen LogP) is 4.47. The first kappa shape index (κ1) is 14.9. The summed E-state index contributed by atoms with van der Waals surface area (Å²) in [5, 5.41) is 0.549. The van der Waals surface area contributed by atoms with Gasteiger partial charge in [-0.05, 0) is 52.9 Å². The Hall–Kier alpha value is -0.970. The third-order valence-corrected chi connectivity index (χ3v) is 5.78. The van der Waals surface area contributed by atoms with E-state index in [1.54, 1.807) is 30.3 Å². The average Bonchev–Trinajstić information content (AvgIpc) is 2.90. The molecule has 0 atom stereocenters. The van der Waals surface area contributed by atoms with E-state index in [-0.39, 0.29) is 4.90 Å². The van der Waals surface area contributed by atoms with Crippen LogP contribution in [0.5, 0.6) is 0 Å². The van der Waals surface area contributed by atoms with Crippen molar-refractivity contribution in [3.8, 4) is 0 Å². The van der Waals surface area contributed by atoms with Crippen LogP contribution in [0.1, 0.15) is 0 Å². The minimum atomic E-state index is -3.74. The molecular weight excluding hydrogens is 445 g/mol. The normalized spacial score (nSPS) is 12.9. The monoisotopic (exact) mass is 451 g/mol. The van der Waals surface area contributed by atoms with Crippen LogP contribution >= 0.6 is 34.2 Å². The molecule has 1 heterocycles. The first-order valence-electron chi connectivity index (χ1n) is 5.66. The highest BCUT2D eigenvalue weighted by molar-refractivity contribution is 14.1. The number of halogens is 2. The molecule has 108 valence electrons. The summed E-state index contributed by atoms with van der Waals surface area (Å²) in [5.74, 6) is 0. The van der Waals surface area contributed by atoms with E-state index in [1.165, 1.54) is 6.07 Å². The van der Waals surface area contributed by atoms with E-state index < -0.39 is 10.0 Å². The summed E-state index contributed by atoms with van der Waals surface area (Å²) in [6.45, 7) is 0. The Morgan fingerprint density at radius 2 is 2.00 bits per heavy atom. The number of sulfonamides is 1. The second-order valence-corrected chi connectivity index (χ2v) is 7.90. The van der Waals surface area contributed by atoms with Crippen molar-refractivity contribution in [2.45, 2.75) is 4.90 Å². The van der Waals surface area contributed by atoms with Crippen molar-refractivity contribution in [1.29, 1.82) is 0 Å². The van der Waals surface area contributed by atoms with Crippen LogP contribution in [0.25, 0.3) is 0 Å². The van der Waals surface area contributed by atoms with Gasteiger partial charge in [0, 0.05) is 8.59 Å². The first-order chi connectivity index (χ1) is 9.97. The van der Waals surface area contributed by atoms with E-state index in [0.29, 0.717) is 25.7 Å². The zero-order valence-corrected chi connectivity index (χ0v) is 14.8. The molecule has 0 saturated carbocycles. The van der Waals surface area contributed by atoms with Crippen molar-refractivity contribution < 1.29 is 8.42 Å². The number of nitrogens with zero attached hydrogens (tertiary/aromatic N) is 2. The number of hydrogen-bond acceptors (Lipinski definition) is 4. The molecule has 0 aliphatic carbocycles. The van der Waals surface area contributed by atoms with Gasteiger partial charge in [0.1, 0.15) is 16.3 Å². The van der Waals surface area contributed by atoms with Crippen LogP contribution in [0.4, 0.5) is 17.1 Å². The molecule has 0 fully saturated rings. The Kier molecular flexibility index (Phi) is 4.04. The quantitative estimate of drug-likeness (QED) is 0.597. The van der Waals surface area contributed by atoms with Gasteiger partial charge < -0.3 is 0 Å². The summed E-state index contributed by atoms with van der Waals surface area (Å²) in [7, 11) is -3.74. The maximum atomic E-state index is 12.5. The van der Waals surface area contributed by atoms with Crippen molar-refractivity contribution >= 4 is 72.6 Å². The van der Waals surface area contributed by atoms with Crippen LogP contribution in [0.2, 0.25) is 5.02 Å². The van der Waals surface area contributed by atoms with Crippen LogP contribution in [0.15, 0.2) is 50.0 Å². The van der Waals surface area contributed by atoms with Crippen LogP contribution in [-0.2, 0) is 21.4 Å². The molecule has 3 rings (SSSR count). The molecule has 1 aliphatic rings. The van der Waals surface area contributed by atoms with Gasteiger partial charge in [-0.2, -0.15) is 8.73 Å². The van der Waals surface area contributed by atoms with Crippen molar-refractivity contribution in [2.24, 2.45) is 8.73 Å². The molecule has 1 aliphatic heterocycles. The van der Waals surface area contributed by atoms with Crippen molar-refractivity contribution in [3.63, 3.8) is 0 Å². The van der Waals surface area contributed by atoms with E-state index in [9.17, 15) is 8.42 Å². The highest BCUT2D eigenvalue weighted by Gasteiger charge is 2.23. The molecule has 0 spiro atoms. The fourth-order valence-corrected chi connectivity index (χ4v) is 4.81. The van der Waals surface area contributed by atoms with Gasteiger partial charge in [-0.25, -0.2) is 8.42 Å². The molecule has 9 heteroatoms. The van der Waals surface area contributed by atoms with Gasteiger partial charge in [-0.15, -0.1) is 0 Å². The molecule has 1 N–H and O–H groups in total. The number of anilines is 1. The molecule has 0 radical (unpaired) electrons. The summed E-state index contributed by atoms with van der Waals surface area (Å²) in [4.78, 5) is 0.111. The van der Waals surface area contributed by atoms with E-state index in [4.69, 9.17) is 11.6 Å². The lowest BCUT2D eigenvalue weighted by Crippen LogP contribution is -2.13. The lowest BCUT2D eigenvalue weighted by atomic mass is 10.3. The zero-order chi connectivity index (χ0) is 15.0. The number of fused-ring (bicyclic) bond motifs is 1. The fourth-order valence-electron chi connectivity index (χ4n) is 1.77. The van der Waals surface area contributed by atoms with Crippen LogP contribution in [0, 0.1) is 3.57 Å². The van der Waals surface area contributed by atoms with Crippen LogP contribution < -0.4 is 4.72 Å². The molecular formula is C12H7ClIN3O2S2. The number of benzene rings is 2. The highest BCUT2D eigenvalue weighted by atomic mass is 127. The number of hydrogen-bond donors (Lipinski definition) is 1. The standard InChI is InChI=1S/C12H7ClIN3O2S2/c13-7-4-5-9(8(14)6-7)17-21(18,19)11-3-1-2-10-12(11)16-20-15-10/h1-6,17H. The molecule has 2 aromatic rings. The van der Waals surface area contributed by atoms with Crippen molar-refractivity contribution in [2.75, 3.05) is 4.72 Å². The van der Waals surface area contributed by atoms with E-state index >= 15 is 0 Å². The van der Waals surface area contributed by atoms with E-state index in [1.807, 2.05) is 22.6 Å². The molecule has 21 heavy (non-hydrogen) atoms. The minimum absolute atomic E-state index is 0.111. The minimum Gasteiger partial charge on any atom is -0.278 e. The Labute approximate surface area is 143 Å². The van der Waals surface area contributed by atoms with Crippen molar-refractivity contribution in [1.82, 2.24) is 0 Å². The maximum Gasteiger partial charge on any atom is 0.264 e. The Balaban J connectivity index is 2.03. The van der Waals surface area contributed by atoms with Crippen LogP contribution in [-0.4, -0.2) is 8.42 Å². The third kappa shape index (κ3) is 2.98. The Morgan fingerprint density at radius 1 is 1.19 bits per heavy atom. The summed E-state index contributed by atoms with van der Waals surface area (Å²) < 4.78 is 36.5. The van der Waals surface area contributed by atoms with E-state index in [0.717, 1.165) is 11.4 Å². The van der Waals surface area contributed by atoms with E-state index in [2.05, 4.69) is 13.4 Å². The summed E-state index contributed by atoms with van der Waals surface area (Å²) in [5.41, 5.74) is 1.41. The Bertz CT molecular complexity index is 909. The third-order valence-electron chi connectivity index (χ3n) is 2.71. The maximum absolute atomic E-state index is 12.5. The second-order valence-electron chi connectivity index (χ2n) is 4.12. The first-order valence-corrected chi connectivity index (χ1v) is 9.33. The van der Waals surface area contributed by atoms with Crippen molar-refractivity contribution in [3.05, 3.63) is 45.0 Å². The lowest BCUT2D eigenvalue weighted by molar-refractivity contribution is 0.601. The van der Waals surface area contributed by atoms with Gasteiger partial charge in [0.15, 0.2) is 0 Å². The number of nitrogens with one attached hydrogen (secondary N) is 1. The predicted molar refractivity (Wildman–Crippen MR) is 93.0 cm³/mol. The topological polar surface area (TPSA) is 70.9 Å². The van der Waals surface area contributed by atoms with Gasteiger partial charge in [-0.1, -0.05) is 17.7 Å². The second kappa shape index (κ2) is 5.67. The molecule has 5 nitrogen and oxygen atoms in total. The fraction of sp³-hybridized carbons (Fsp3) is 0.